The lowest BCUT2D eigenvalue weighted by molar-refractivity contribution is -0.145. The highest BCUT2D eigenvalue weighted by Gasteiger charge is 2.31. The molecule has 0 unspecified atom stereocenters. The van der Waals surface area contributed by atoms with Gasteiger partial charge in [-0.1, -0.05) is 0 Å². The summed E-state index contributed by atoms with van der Waals surface area (Å²) in [7, 11) is 1.82. The van der Waals surface area contributed by atoms with Gasteiger partial charge in [-0.15, -0.1) is 0 Å². The summed E-state index contributed by atoms with van der Waals surface area (Å²) in [5.74, 6) is -0.835. The second kappa shape index (κ2) is 6.19. The number of rotatable bonds is 4. The molecule has 1 aliphatic carbocycles. The highest BCUT2D eigenvalue weighted by molar-refractivity contribution is 7.07. The first-order chi connectivity index (χ1) is 9.08. The normalized spacial score (nSPS) is 23.0. The van der Waals surface area contributed by atoms with E-state index in [-0.39, 0.29) is 17.7 Å². The summed E-state index contributed by atoms with van der Waals surface area (Å²) in [4.78, 5) is 24.9. The van der Waals surface area contributed by atoms with E-state index in [1.54, 1.807) is 16.2 Å². The van der Waals surface area contributed by atoms with Crippen LogP contribution in [0.2, 0.25) is 0 Å². The molecule has 1 amide bonds. The third-order valence-corrected chi connectivity index (χ3v) is 4.53. The van der Waals surface area contributed by atoms with Crippen LogP contribution in [0.3, 0.4) is 0 Å². The first kappa shape index (κ1) is 14.1. The largest absolute Gasteiger partial charge is 0.481 e. The average molecular weight is 281 g/mol. The van der Waals surface area contributed by atoms with Crippen LogP contribution in [0.4, 0.5) is 0 Å². The SMILES string of the molecule is CN(Cc1ccsc1)C(=O)C1CCC(C(=O)O)CC1. The van der Waals surface area contributed by atoms with Crippen LogP contribution in [0.15, 0.2) is 16.8 Å². The van der Waals surface area contributed by atoms with E-state index in [4.69, 9.17) is 5.11 Å². The van der Waals surface area contributed by atoms with Gasteiger partial charge in [0.25, 0.3) is 0 Å². The Hall–Kier alpha value is -1.36. The molecule has 0 atom stereocenters. The third kappa shape index (κ3) is 3.56. The van der Waals surface area contributed by atoms with Gasteiger partial charge in [0.15, 0.2) is 0 Å². The molecule has 1 heterocycles. The van der Waals surface area contributed by atoms with Gasteiger partial charge < -0.3 is 10.0 Å². The van der Waals surface area contributed by atoms with E-state index in [9.17, 15) is 9.59 Å². The number of amides is 1. The van der Waals surface area contributed by atoms with Crippen LogP contribution in [0.5, 0.6) is 0 Å². The molecule has 1 aromatic rings. The lowest BCUT2D eigenvalue weighted by atomic mass is 9.81. The van der Waals surface area contributed by atoms with Crippen molar-refractivity contribution in [3.63, 3.8) is 0 Å². The summed E-state index contributed by atoms with van der Waals surface area (Å²) >= 11 is 1.63. The van der Waals surface area contributed by atoms with Crippen LogP contribution in [-0.4, -0.2) is 28.9 Å². The Morgan fingerprint density at radius 1 is 1.32 bits per heavy atom. The molecule has 1 aliphatic rings. The fourth-order valence-electron chi connectivity index (χ4n) is 2.63. The van der Waals surface area contributed by atoms with E-state index in [2.05, 4.69) is 0 Å². The van der Waals surface area contributed by atoms with Gasteiger partial charge in [0, 0.05) is 19.5 Å². The van der Waals surface area contributed by atoms with Crippen molar-refractivity contribution >= 4 is 23.2 Å². The number of nitrogens with zero attached hydrogens (tertiary/aromatic N) is 1. The fourth-order valence-corrected chi connectivity index (χ4v) is 3.29. The van der Waals surface area contributed by atoms with Gasteiger partial charge in [-0.2, -0.15) is 11.3 Å². The summed E-state index contributed by atoms with van der Waals surface area (Å²) in [5, 5.41) is 13.0. The third-order valence-electron chi connectivity index (χ3n) is 3.80. The molecule has 4 nitrogen and oxygen atoms in total. The molecule has 0 aromatic carbocycles. The van der Waals surface area contributed by atoms with E-state index in [0.29, 0.717) is 32.2 Å². The molecule has 0 aliphatic heterocycles. The maximum atomic E-state index is 12.3. The van der Waals surface area contributed by atoms with E-state index in [1.807, 2.05) is 23.9 Å². The lowest BCUT2D eigenvalue weighted by Gasteiger charge is -2.28. The number of carboxylic acid groups (broad SMARTS) is 1. The molecule has 2 rings (SSSR count). The second-order valence-electron chi connectivity index (χ2n) is 5.21. The van der Waals surface area contributed by atoms with Gasteiger partial charge in [-0.25, -0.2) is 0 Å². The number of carbonyl (C=O) groups excluding carboxylic acids is 1. The van der Waals surface area contributed by atoms with Gasteiger partial charge in [0.05, 0.1) is 5.92 Å². The zero-order valence-corrected chi connectivity index (χ0v) is 11.9. The van der Waals surface area contributed by atoms with Crippen LogP contribution < -0.4 is 0 Å². The standard InChI is InChI=1S/C14H19NO3S/c1-15(8-10-6-7-19-9-10)13(16)11-2-4-12(5-3-11)14(17)18/h6-7,9,11-12H,2-5,8H2,1H3,(H,17,18). The van der Waals surface area contributed by atoms with E-state index in [0.717, 1.165) is 5.56 Å². The molecule has 19 heavy (non-hydrogen) atoms. The lowest BCUT2D eigenvalue weighted by Crippen LogP contribution is -2.35. The first-order valence-corrected chi connectivity index (χ1v) is 7.51. The summed E-state index contributed by atoms with van der Waals surface area (Å²) in [6.07, 6.45) is 2.64. The van der Waals surface area contributed by atoms with Crippen molar-refractivity contribution in [1.82, 2.24) is 4.90 Å². The zero-order valence-electron chi connectivity index (χ0n) is 11.0. The van der Waals surface area contributed by atoms with Gasteiger partial charge >= 0.3 is 5.97 Å². The van der Waals surface area contributed by atoms with Gasteiger partial charge in [0.2, 0.25) is 5.91 Å². The summed E-state index contributed by atoms with van der Waals surface area (Å²) in [6, 6.07) is 2.02. The van der Waals surface area contributed by atoms with Gasteiger partial charge in [-0.05, 0) is 48.1 Å². The van der Waals surface area contributed by atoms with Crippen LogP contribution >= 0.6 is 11.3 Å². The predicted molar refractivity (Wildman–Crippen MR) is 73.9 cm³/mol. The Kier molecular flexibility index (Phi) is 4.58. The van der Waals surface area contributed by atoms with E-state index >= 15 is 0 Å². The zero-order chi connectivity index (χ0) is 13.8. The molecule has 104 valence electrons. The van der Waals surface area contributed by atoms with Crippen molar-refractivity contribution in [2.75, 3.05) is 7.05 Å². The molecule has 1 aromatic heterocycles. The highest BCUT2D eigenvalue weighted by atomic mass is 32.1. The topological polar surface area (TPSA) is 57.6 Å². The van der Waals surface area contributed by atoms with Crippen molar-refractivity contribution in [3.05, 3.63) is 22.4 Å². The number of hydrogen-bond acceptors (Lipinski definition) is 3. The Bertz CT molecular complexity index is 436. The average Bonchev–Trinajstić information content (AvgIpc) is 2.90. The molecule has 1 N–H and O–H groups in total. The minimum Gasteiger partial charge on any atom is -0.481 e. The molecule has 1 saturated carbocycles. The minimum atomic E-state index is -0.725. The van der Waals surface area contributed by atoms with Crippen LogP contribution in [0.1, 0.15) is 31.2 Å². The second-order valence-corrected chi connectivity index (χ2v) is 5.99. The van der Waals surface area contributed by atoms with E-state index in [1.165, 1.54) is 0 Å². The minimum absolute atomic E-state index is 0.000708. The Morgan fingerprint density at radius 3 is 2.47 bits per heavy atom. The van der Waals surface area contributed by atoms with Crippen molar-refractivity contribution in [2.24, 2.45) is 11.8 Å². The Morgan fingerprint density at radius 2 is 1.95 bits per heavy atom. The Labute approximate surface area is 117 Å². The molecule has 1 fully saturated rings. The van der Waals surface area contributed by atoms with Crippen molar-refractivity contribution in [3.8, 4) is 0 Å². The number of aliphatic carboxylic acids is 1. The van der Waals surface area contributed by atoms with E-state index < -0.39 is 5.97 Å². The molecular formula is C14H19NO3S. The molecule has 0 bridgehead atoms. The number of carboxylic acids is 1. The van der Waals surface area contributed by atoms with Crippen molar-refractivity contribution < 1.29 is 14.7 Å². The van der Waals surface area contributed by atoms with Crippen molar-refractivity contribution in [2.45, 2.75) is 32.2 Å². The first-order valence-electron chi connectivity index (χ1n) is 6.56. The fraction of sp³-hybridized carbons (Fsp3) is 0.571. The van der Waals surface area contributed by atoms with Crippen LogP contribution in [-0.2, 0) is 16.1 Å². The molecule has 0 saturated heterocycles. The summed E-state index contributed by atoms with van der Waals surface area (Å²) in [6.45, 7) is 0.640. The number of hydrogen-bond donors (Lipinski definition) is 1. The monoisotopic (exact) mass is 281 g/mol. The Balaban J connectivity index is 1.85. The number of thiophene rings is 1. The van der Waals surface area contributed by atoms with Crippen LogP contribution in [0, 0.1) is 11.8 Å². The quantitative estimate of drug-likeness (QED) is 0.923. The smallest absolute Gasteiger partial charge is 0.306 e. The van der Waals surface area contributed by atoms with Gasteiger partial charge in [0.1, 0.15) is 0 Å². The molecule has 0 spiro atoms. The summed E-state index contributed by atoms with van der Waals surface area (Å²) < 4.78 is 0. The number of carbonyl (C=O) groups is 2. The van der Waals surface area contributed by atoms with Gasteiger partial charge in [-0.3, -0.25) is 9.59 Å². The predicted octanol–water partition coefficient (Wildman–Crippen LogP) is 2.60. The molecular weight excluding hydrogens is 262 g/mol. The highest BCUT2D eigenvalue weighted by Crippen LogP contribution is 2.30. The molecule has 5 heteroatoms. The summed E-state index contributed by atoms with van der Waals surface area (Å²) in [5.41, 5.74) is 1.15. The maximum Gasteiger partial charge on any atom is 0.306 e. The molecule has 0 radical (unpaired) electrons. The van der Waals surface area contributed by atoms with Crippen LogP contribution in [0.25, 0.3) is 0 Å². The van der Waals surface area contributed by atoms with Crippen molar-refractivity contribution in [1.29, 1.82) is 0 Å². The maximum absolute atomic E-state index is 12.3.